The summed E-state index contributed by atoms with van der Waals surface area (Å²) in [6.07, 6.45) is -2.55. The molecule has 4 nitrogen and oxygen atoms in total. The average molecular weight is 467 g/mol. The second-order valence-electron chi connectivity index (χ2n) is 8.32. The second kappa shape index (κ2) is 9.94. The van der Waals surface area contributed by atoms with Gasteiger partial charge in [-0.15, -0.1) is 11.6 Å². The lowest BCUT2D eigenvalue weighted by molar-refractivity contribution is -0.137. The van der Waals surface area contributed by atoms with Crippen molar-refractivity contribution in [3.05, 3.63) is 59.2 Å². The number of carbonyl (C=O) groups is 2. The number of hydrogen-bond donors (Lipinski definition) is 0. The number of fused-ring (bicyclic) bond motifs is 1. The van der Waals surface area contributed by atoms with Crippen LogP contribution in [0.5, 0.6) is 0 Å². The fourth-order valence-electron chi connectivity index (χ4n) is 3.81. The molecular weight excluding hydrogens is 441 g/mol. The lowest BCUT2D eigenvalue weighted by Gasteiger charge is -2.30. The van der Waals surface area contributed by atoms with Gasteiger partial charge in [-0.05, 0) is 55.0 Å². The predicted molar refractivity (Wildman–Crippen MR) is 120 cm³/mol. The monoisotopic (exact) mass is 466 g/mol. The molecule has 0 saturated heterocycles. The molecule has 8 heteroatoms. The van der Waals surface area contributed by atoms with Crippen molar-refractivity contribution < 1.29 is 22.8 Å². The van der Waals surface area contributed by atoms with Gasteiger partial charge in [0.1, 0.15) is 5.88 Å². The molecule has 1 heterocycles. The summed E-state index contributed by atoms with van der Waals surface area (Å²) in [7, 11) is 0. The Kier molecular flexibility index (Phi) is 7.49. The number of benzene rings is 2. The van der Waals surface area contributed by atoms with E-state index < -0.39 is 23.6 Å². The van der Waals surface area contributed by atoms with E-state index in [1.54, 1.807) is 12.1 Å². The van der Waals surface area contributed by atoms with Crippen molar-refractivity contribution in [2.45, 2.75) is 39.3 Å². The maximum Gasteiger partial charge on any atom is 0.416 e. The zero-order valence-corrected chi connectivity index (χ0v) is 18.8. The van der Waals surface area contributed by atoms with Crippen LogP contribution >= 0.6 is 11.6 Å². The molecule has 0 atom stereocenters. The van der Waals surface area contributed by atoms with Crippen LogP contribution < -0.4 is 9.80 Å². The molecule has 0 unspecified atom stereocenters. The van der Waals surface area contributed by atoms with Gasteiger partial charge in [0.05, 0.1) is 5.56 Å². The van der Waals surface area contributed by atoms with Crippen LogP contribution in [0.15, 0.2) is 42.5 Å². The van der Waals surface area contributed by atoms with Gasteiger partial charge in [-0.3, -0.25) is 9.59 Å². The number of alkyl halides is 4. The molecule has 0 N–H and O–H groups in total. The number of hydrogen-bond acceptors (Lipinski definition) is 2. The molecule has 0 radical (unpaired) electrons. The number of aryl methyl sites for hydroxylation is 1. The normalized spacial score (nSPS) is 13.8. The first-order valence-electron chi connectivity index (χ1n) is 10.6. The summed E-state index contributed by atoms with van der Waals surface area (Å²) in [5.74, 6) is -1.16. The smallest absolute Gasteiger partial charge is 0.311 e. The van der Waals surface area contributed by atoms with Crippen molar-refractivity contribution in [2.24, 2.45) is 5.92 Å². The van der Waals surface area contributed by atoms with Crippen molar-refractivity contribution in [3.63, 3.8) is 0 Å². The first-order chi connectivity index (χ1) is 15.1. The largest absolute Gasteiger partial charge is 0.416 e. The summed E-state index contributed by atoms with van der Waals surface area (Å²) in [5.41, 5.74) is 0.634. The third-order valence-electron chi connectivity index (χ3n) is 5.50. The lowest BCUT2D eigenvalue weighted by atomic mass is 10.00. The second-order valence-corrected chi connectivity index (χ2v) is 8.58. The molecule has 1 aliphatic rings. The molecule has 3 rings (SSSR count). The maximum atomic E-state index is 13.7. The fraction of sp³-hybridized carbons (Fsp3) is 0.417. The predicted octanol–water partition coefficient (Wildman–Crippen LogP) is 5.92. The van der Waals surface area contributed by atoms with Crippen molar-refractivity contribution >= 4 is 34.8 Å². The molecule has 0 fully saturated rings. The highest BCUT2D eigenvalue weighted by atomic mass is 35.5. The fourth-order valence-corrected chi connectivity index (χ4v) is 3.96. The summed E-state index contributed by atoms with van der Waals surface area (Å²) in [6.45, 7) is 4.54. The number of amides is 2. The van der Waals surface area contributed by atoms with Gasteiger partial charge in [-0.1, -0.05) is 32.0 Å². The Balaban J connectivity index is 2.06. The van der Waals surface area contributed by atoms with Gasteiger partial charge in [0.2, 0.25) is 5.91 Å². The first kappa shape index (κ1) is 24.1. The van der Waals surface area contributed by atoms with E-state index in [0.717, 1.165) is 30.5 Å². The van der Waals surface area contributed by atoms with Gasteiger partial charge in [-0.25, -0.2) is 0 Å². The van der Waals surface area contributed by atoms with E-state index in [-0.39, 0.29) is 29.6 Å². The van der Waals surface area contributed by atoms with E-state index in [4.69, 9.17) is 11.6 Å². The molecule has 0 spiro atoms. The summed E-state index contributed by atoms with van der Waals surface area (Å²) in [6, 6.07) is 10.5. The highest BCUT2D eigenvalue weighted by Gasteiger charge is 2.34. The van der Waals surface area contributed by atoms with Crippen molar-refractivity contribution in [2.75, 3.05) is 28.8 Å². The summed E-state index contributed by atoms with van der Waals surface area (Å²) < 4.78 is 41.1. The number of carbonyl (C=O) groups excluding carboxylic acids is 2. The Bertz CT molecular complexity index is 991. The van der Waals surface area contributed by atoms with E-state index in [2.05, 4.69) is 0 Å². The van der Waals surface area contributed by atoms with E-state index in [1.165, 1.54) is 15.9 Å². The standard InChI is InChI=1S/C24H26ClF3N2O2/c1-16(2)9-11-29(22(31)15-25)20-13-18(12-19(14-20)24(26,27)28)23(32)30-10-5-7-17-6-3-4-8-21(17)30/h3-4,6,8,12-14,16H,5,7,9-11,15H2,1-2H3. The molecule has 2 aromatic carbocycles. The minimum Gasteiger partial charge on any atom is -0.311 e. The molecule has 1 aliphatic heterocycles. The highest BCUT2D eigenvalue weighted by molar-refractivity contribution is 6.29. The van der Waals surface area contributed by atoms with Crippen molar-refractivity contribution in [3.8, 4) is 0 Å². The quantitative estimate of drug-likeness (QED) is 0.496. The molecule has 0 bridgehead atoms. The van der Waals surface area contributed by atoms with Gasteiger partial charge in [0.15, 0.2) is 0 Å². The molecule has 0 aromatic heterocycles. The highest BCUT2D eigenvalue weighted by Crippen LogP contribution is 2.35. The third-order valence-corrected chi connectivity index (χ3v) is 5.73. The number of rotatable bonds is 6. The van der Waals surface area contributed by atoms with Gasteiger partial charge < -0.3 is 9.80 Å². The van der Waals surface area contributed by atoms with Crippen LogP contribution in [0.2, 0.25) is 0 Å². The number of nitrogens with zero attached hydrogens (tertiary/aromatic N) is 2. The van der Waals surface area contributed by atoms with E-state index in [1.807, 2.05) is 26.0 Å². The Morgan fingerprint density at radius 3 is 2.53 bits per heavy atom. The SMILES string of the molecule is CC(C)CCN(C(=O)CCl)c1cc(C(=O)N2CCCc3ccccc32)cc(C(F)(F)F)c1. The maximum absolute atomic E-state index is 13.7. The Morgan fingerprint density at radius 1 is 1.16 bits per heavy atom. The van der Waals surface area contributed by atoms with Crippen LogP contribution in [0.3, 0.4) is 0 Å². The van der Waals surface area contributed by atoms with Gasteiger partial charge in [-0.2, -0.15) is 13.2 Å². The number of halogens is 4. The lowest BCUT2D eigenvalue weighted by Crippen LogP contribution is -2.36. The van der Waals surface area contributed by atoms with Crippen LogP contribution in [-0.2, 0) is 17.4 Å². The Hall–Kier alpha value is -2.54. The van der Waals surface area contributed by atoms with Crippen molar-refractivity contribution in [1.29, 1.82) is 0 Å². The van der Waals surface area contributed by atoms with Crippen LogP contribution in [0, 0.1) is 5.92 Å². The molecular formula is C24H26ClF3N2O2. The van der Waals surface area contributed by atoms with Gasteiger partial charge in [0.25, 0.3) is 5.91 Å². The van der Waals surface area contributed by atoms with Gasteiger partial charge in [0, 0.05) is 30.0 Å². The van der Waals surface area contributed by atoms with Crippen LogP contribution in [0.25, 0.3) is 0 Å². The summed E-state index contributed by atoms with van der Waals surface area (Å²) >= 11 is 5.73. The molecule has 172 valence electrons. The molecule has 32 heavy (non-hydrogen) atoms. The number of anilines is 2. The van der Waals surface area contributed by atoms with E-state index >= 15 is 0 Å². The average Bonchev–Trinajstić information content (AvgIpc) is 2.77. The van der Waals surface area contributed by atoms with Crippen LogP contribution in [-0.4, -0.2) is 30.8 Å². The zero-order valence-electron chi connectivity index (χ0n) is 18.1. The molecule has 2 amide bonds. The third kappa shape index (κ3) is 5.44. The first-order valence-corrected chi connectivity index (χ1v) is 11.1. The Morgan fingerprint density at radius 2 is 1.88 bits per heavy atom. The minimum atomic E-state index is -4.67. The van der Waals surface area contributed by atoms with E-state index in [9.17, 15) is 22.8 Å². The van der Waals surface area contributed by atoms with Gasteiger partial charge >= 0.3 is 6.18 Å². The van der Waals surface area contributed by atoms with Crippen LogP contribution in [0.1, 0.15) is 48.2 Å². The zero-order chi connectivity index (χ0) is 23.5. The molecule has 0 aliphatic carbocycles. The number of para-hydroxylation sites is 1. The topological polar surface area (TPSA) is 40.6 Å². The van der Waals surface area contributed by atoms with Crippen molar-refractivity contribution in [1.82, 2.24) is 0 Å². The molecule has 0 saturated carbocycles. The summed E-state index contributed by atoms with van der Waals surface area (Å²) in [4.78, 5) is 28.6. The minimum absolute atomic E-state index is 0.0276. The summed E-state index contributed by atoms with van der Waals surface area (Å²) in [5, 5.41) is 0. The van der Waals surface area contributed by atoms with E-state index in [0.29, 0.717) is 18.7 Å². The molecule has 2 aromatic rings. The Labute approximate surface area is 191 Å². The van der Waals surface area contributed by atoms with Crippen LogP contribution in [0.4, 0.5) is 24.5 Å².